The molecule has 0 unspecified atom stereocenters. The Bertz CT molecular complexity index is 584. The molecule has 0 saturated carbocycles. The molecule has 0 aliphatic carbocycles. The summed E-state index contributed by atoms with van der Waals surface area (Å²) in [5.41, 5.74) is 0.436. The molecule has 0 aromatic heterocycles. The van der Waals surface area contributed by atoms with Gasteiger partial charge in [-0.1, -0.05) is 31.2 Å². The van der Waals surface area contributed by atoms with Crippen LogP contribution in [0.15, 0.2) is 48.5 Å². The number of phenolic OH excluding ortho intramolecular Hbond substituents is 2. The molecular formula is C18H20O4. The summed E-state index contributed by atoms with van der Waals surface area (Å²) in [5, 5.41) is 18.9. The number of aromatic hydroxyl groups is 2. The summed E-state index contributed by atoms with van der Waals surface area (Å²) in [4.78, 5) is 12.6. The summed E-state index contributed by atoms with van der Waals surface area (Å²) in [5.74, 6) is -0.0804. The zero-order valence-corrected chi connectivity index (χ0v) is 12.7. The largest absolute Gasteiger partial charge is 0.508 e. The first-order chi connectivity index (χ1) is 10.5. The number of benzene rings is 2. The van der Waals surface area contributed by atoms with E-state index in [1.54, 1.807) is 55.5 Å². The third-order valence-electron chi connectivity index (χ3n) is 3.73. The summed E-state index contributed by atoms with van der Waals surface area (Å²) in [6.45, 7) is 4.07. The molecule has 0 aliphatic rings. The Morgan fingerprint density at radius 1 is 0.955 bits per heavy atom. The number of rotatable bonds is 5. The van der Waals surface area contributed by atoms with Crippen molar-refractivity contribution in [3.63, 3.8) is 0 Å². The van der Waals surface area contributed by atoms with Gasteiger partial charge >= 0.3 is 5.97 Å². The maximum atomic E-state index is 12.6. The highest BCUT2D eigenvalue weighted by Crippen LogP contribution is 2.35. The minimum absolute atomic E-state index is 0.138. The van der Waals surface area contributed by atoms with Crippen molar-refractivity contribution in [3.8, 4) is 11.5 Å². The topological polar surface area (TPSA) is 66.8 Å². The van der Waals surface area contributed by atoms with Crippen LogP contribution in [0.2, 0.25) is 0 Å². The molecule has 2 aromatic rings. The predicted octanol–water partition coefficient (Wildman–Crippen LogP) is 3.36. The first-order valence-corrected chi connectivity index (χ1v) is 7.24. The number of hydrogen-bond donors (Lipinski definition) is 2. The molecule has 0 saturated heterocycles. The molecule has 0 spiro atoms. The van der Waals surface area contributed by atoms with Crippen molar-refractivity contribution in [3.05, 3.63) is 59.7 Å². The monoisotopic (exact) mass is 300 g/mol. The van der Waals surface area contributed by atoms with Crippen LogP contribution in [-0.2, 0) is 14.9 Å². The Hall–Kier alpha value is -2.49. The standard InChI is InChI=1S/C18H20O4/c1-3-12-22-17(21)18(2,13-4-8-15(19)9-5-13)14-6-10-16(20)11-7-14/h4-11,19-20H,3,12H2,1-2H3. The first kappa shape index (κ1) is 15.9. The van der Waals surface area contributed by atoms with Gasteiger partial charge in [-0.25, -0.2) is 0 Å². The van der Waals surface area contributed by atoms with Crippen molar-refractivity contribution in [2.75, 3.05) is 6.61 Å². The van der Waals surface area contributed by atoms with E-state index >= 15 is 0 Å². The van der Waals surface area contributed by atoms with Crippen LogP contribution in [0.1, 0.15) is 31.4 Å². The third-order valence-corrected chi connectivity index (χ3v) is 3.73. The number of carbonyl (C=O) groups is 1. The van der Waals surface area contributed by atoms with E-state index in [-0.39, 0.29) is 17.5 Å². The average molecular weight is 300 g/mol. The van der Waals surface area contributed by atoms with Gasteiger partial charge < -0.3 is 14.9 Å². The van der Waals surface area contributed by atoms with Gasteiger partial charge in [0.2, 0.25) is 0 Å². The van der Waals surface area contributed by atoms with Gasteiger partial charge in [0.1, 0.15) is 16.9 Å². The molecule has 0 amide bonds. The number of hydrogen-bond acceptors (Lipinski definition) is 4. The highest BCUT2D eigenvalue weighted by Gasteiger charge is 2.38. The fourth-order valence-electron chi connectivity index (χ4n) is 2.33. The van der Waals surface area contributed by atoms with E-state index in [1.165, 1.54) is 0 Å². The van der Waals surface area contributed by atoms with Crippen molar-refractivity contribution >= 4 is 5.97 Å². The van der Waals surface area contributed by atoms with E-state index in [0.29, 0.717) is 6.61 Å². The average Bonchev–Trinajstić information content (AvgIpc) is 2.53. The first-order valence-electron chi connectivity index (χ1n) is 7.24. The molecule has 2 aromatic carbocycles. The van der Waals surface area contributed by atoms with Crippen molar-refractivity contribution in [2.24, 2.45) is 0 Å². The molecular weight excluding hydrogens is 280 g/mol. The summed E-state index contributed by atoms with van der Waals surface area (Å²) >= 11 is 0. The maximum absolute atomic E-state index is 12.6. The van der Waals surface area contributed by atoms with Gasteiger partial charge in [-0.2, -0.15) is 0 Å². The Morgan fingerprint density at radius 2 is 1.36 bits per heavy atom. The molecule has 4 heteroatoms. The van der Waals surface area contributed by atoms with Gasteiger partial charge in [0.15, 0.2) is 0 Å². The molecule has 0 fully saturated rings. The number of phenols is 2. The lowest BCUT2D eigenvalue weighted by Crippen LogP contribution is -2.35. The second kappa shape index (κ2) is 6.52. The third kappa shape index (κ3) is 3.06. The van der Waals surface area contributed by atoms with E-state index in [2.05, 4.69) is 0 Å². The minimum atomic E-state index is -1.00. The van der Waals surface area contributed by atoms with Crippen LogP contribution < -0.4 is 0 Å². The lowest BCUT2D eigenvalue weighted by atomic mass is 9.76. The van der Waals surface area contributed by atoms with Crippen LogP contribution >= 0.6 is 0 Å². The lowest BCUT2D eigenvalue weighted by molar-refractivity contribution is -0.148. The van der Waals surface area contributed by atoms with E-state index in [9.17, 15) is 15.0 Å². The van der Waals surface area contributed by atoms with Crippen LogP contribution in [0.4, 0.5) is 0 Å². The lowest BCUT2D eigenvalue weighted by Gasteiger charge is -2.28. The van der Waals surface area contributed by atoms with Gasteiger partial charge in [-0.3, -0.25) is 4.79 Å². The highest BCUT2D eigenvalue weighted by atomic mass is 16.5. The second-order valence-corrected chi connectivity index (χ2v) is 5.35. The molecule has 0 radical (unpaired) electrons. The van der Waals surface area contributed by atoms with E-state index in [1.807, 2.05) is 6.92 Å². The van der Waals surface area contributed by atoms with E-state index < -0.39 is 5.41 Å². The summed E-state index contributed by atoms with van der Waals surface area (Å²) < 4.78 is 5.36. The van der Waals surface area contributed by atoms with Crippen LogP contribution in [0.3, 0.4) is 0 Å². The van der Waals surface area contributed by atoms with Crippen LogP contribution in [0.5, 0.6) is 11.5 Å². The molecule has 0 aliphatic heterocycles. The fraction of sp³-hybridized carbons (Fsp3) is 0.278. The van der Waals surface area contributed by atoms with Gasteiger partial charge in [0.25, 0.3) is 0 Å². The summed E-state index contributed by atoms with van der Waals surface area (Å²) in [6.07, 6.45) is 0.743. The van der Waals surface area contributed by atoms with Crippen LogP contribution in [0.25, 0.3) is 0 Å². The number of ether oxygens (including phenoxy) is 1. The number of carbonyl (C=O) groups excluding carboxylic acids is 1. The quantitative estimate of drug-likeness (QED) is 0.831. The smallest absolute Gasteiger partial charge is 0.320 e. The molecule has 4 nitrogen and oxygen atoms in total. The molecule has 0 bridgehead atoms. The Kier molecular flexibility index (Phi) is 4.71. The van der Waals surface area contributed by atoms with Crippen molar-refractivity contribution in [1.82, 2.24) is 0 Å². The molecule has 0 atom stereocenters. The summed E-state index contributed by atoms with van der Waals surface area (Å²) in [6, 6.07) is 13.0. The zero-order chi connectivity index (χ0) is 16.2. The molecule has 2 N–H and O–H groups in total. The molecule has 2 rings (SSSR count). The van der Waals surface area contributed by atoms with Crippen molar-refractivity contribution in [1.29, 1.82) is 0 Å². The minimum Gasteiger partial charge on any atom is -0.508 e. The highest BCUT2D eigenvalue weighted by molar-refractivity contribution is 5.87. The molecule has 116 valence electrons. The second-order valence-electron chi connectivity index (χ2n) is 5.35. The van der Waals surface area contributed by atoms with E-state index in [0.717, 1.165) is 17.5 Å². The fourth-order valence-corrected chi connectivity index (χ4v) is 2.33. The zero-order valence-electron chi connectivity index (χ0n) is 12.7. The van der Waals surface area contributed by atoms with Crippen molar-refractivity contribution < 1.29 is 19.7 Å². The van der Waals surface area contributed by atoms with Gasteiger partial charge in [-0.05, 0) is 48.7 Å². The number of esters is 1. The Morgan fingerprint density at radius 3 is 1.73 bits per heavy atom. The van der Waals surface area contributed by atoms with Crippen LogP contribution in [0, 0.1) is 0 Å². The molecule has 22 heavy (non-hydrogen) atoms. The normalized spacial score (nSPS) is 11.2. The maximum Gasteiger partial charge on any atom is 0.320 e. The Balaban J connectivity index is 2.50. The van der Waals surface area contributed by atoms with E-state index in [4.69, 9.17) is 4.74 Å². The predicted molar refractivity (Wildman–Crippen MR) is 83.9 cm³/mol. The van der Waals surface area contributed by atoms with Gasteiger partial charge in [0, 0.05) is 0 Å². The molecule has 0 heterocycles. The SMILES string of the molecule is CCCOC(=O)C(C)(c1ccc(O)cc1)c1ccc(O)cc1. The Labute approximate surface area is 130 Å². The summed E-state index contributed by atoms with van der Waals surface area (Å²) in [7, 11) is 0. The van der Waals surface area contributed by atoms with Crippen molar-refractivity contribution in [2.45, 2.75) is 25.7 Å². The van der Waals surface area contributed by atoms with Gasteiger partial charge in [-0.15, -0.1) is 0 Å². The van der Waals surface area contributed by atoms with Gasteiger partial charge in [0.05, 0.1) is 6.61 Å². The van der Waals surface area contributed by atoms with Crippen LogP contribution in [-0.4, -0.2) is 22.8 Å².